The third kappa shape index (κ3) is 6.55. The Hall–Kier alpha value is -1.36. The van der Waals surface area contributed by atoms with E-state index in [2.05, 4.69) is 22.1 Å². The van der Waals surface area contributed by atoms with Crippen LogP contribution in [0.3, 0.4) is 0 Å². The second-order valence-electron chi connectivity index (χ2n) is 11.4. The molecule has 1 saturated heterocycles. The zero-order chi connectivity index (χ0) is 26.5. The first kappa shape index (κ1) is 29.2. The third-order valence-corrected chi connectivity index (χ3v) is 10.7. The summed E-state index contributed by atoms with van der Waals surface area (Å²) in [6, 6.07) is 0.879. The standard InChI is InChI=1S/C26H47FN6O2S/c1-5-11-30-17-23(16-29)36(34,35)32(4)26(3)10-12-33(18-26)25-14-20(15-28)24(13-19(25)2)31-22-8-6-21(27)7-9-22/h15-17,19-22,24-25,28,31H,5-14,18,29H2,1-4H3. The Kier molecular flexibility index (Phi) is 10.1. The molecule has 0 spiro atoms. The van der Waals surface area contributed by atoms with E-state index in [1.54, 1.807) is 13.3 Å². The maximum atomic E-state index is 13.6. The number of alkyl halides is 1. The molecule has 0 aromatic carbocycles. The molecule has 3 aliphatic rings. The van der Waals surface area contributed by atoms with Gasteiger partial charge in [-0.25, -0.2) is 12.8 Å². The normalized spacial score (nSPS) is 37.1. The number of hydrogen-bond acceptors (Lipinski definition) is 7. The number of nitrogens with two attached hydrogens (primary N) is 1. The Morgan fingerprint density at radius 3 is 2.61 bits per heavy atom. The molecule has 2 aliphatic carbocycles. The van der Waals surface area contributed by atoms with Crippen molar-refractivity contribution in [3.63, 3.8) is 0 Å². The van der Waals surface area contributed by atoms with Crippen molar-refractivity contribution in [3.8, 4) is 0 Å². The summed E-state index contributed by atoms with van der Waals surface area (Å²) < 4.78 is 41.7. The molecule has 206 valence electrons. The van der Waals surface area contributed by atoms with Crippen LogP contribution >= 0.6 is 0 Å². The molecular formula is C26H47FN6O2S. The van der Waals surface area contributed by atoms with Gasteiger partial charge in [0.1, 0.15) is 11.1 Å². The number of likely N-dealkylation sites (N-methyl/N-ethyl adjacent to an activating group) is 1. The molecular weight excluding hydrogens is 479 g/mol. The van der Waals surface area contributed by atoms with Crippen molar-refractivity contribution in [2.24, 2.45) is 22.6 Å². The molecule has 2 saturated carbocycles. The van der Waals surface area contributed by atoms with Gasteiger partial charge < -0.3 is 16.5 Å². The number of nitrogens with one attached hydrogen (secondary N) is 2. The molecule has 3 rings (SSSR count). The second-order valence-corrected chi connectivity index (χ2v) is 13.3. The van der Waals surface area contributed by atoms with E-state index in [0.717, 1.165) is 51.3 Å². The van der Waals surface area contributed by atoms with Gasteiger partial charge in [0.05, 0.1) is 0 Å². The average molecular weight is 527 g/mol. The number of sulfonamides is 1. The van der Waals surface area contributed by atoms with E-state index < -0.39 is 21.7 Å². The number of nitrogens with zero attached hydrogens (tertiary/aromatic N) is 3. The van der Waals surface area contributed by atoms with E-state index in [1.165, 1.54) is 10.5 Å². The minimum absolute atomic E-state index is 0.0312. The average Bonchev–Trinajstić information content (AvgIpc) is 3.25. The summed E-state index contributed by atoms with van der Waals surface area (Å²) in [5, 5.41) is 11.9. The minimum Gasteiger partial charge on any atom is -0.403 e. The summed E-state index contributed by atoms with van der Waals surface area (Å²) in [7, 11) is -2.12. The van der Waals surface area contributed by atoms with Gasteiger partial charge in [0.15, 0.2) is 0 Å². The highest BCUT2D eigenvalue weighted by Gasteiger charge is 2.47. The van der Waals surface area contributed by atoms with Crippen LogP contribution in [0.1, 0.15) is 72.1 Å². The molecule has 5 atom stereocenters. The lowest BCUT2D eigenvalue weighted by atomic mass is 9.75. The summed E-state index contributed by atoms with van der Waals surface area (Å²) in [6.07, 6.45) is 9.84. The van der Waals surface area contributed by atoms with Crippen molar-refractivity contribution >= 4 is 22.5 Å². The molecule has 36 heavy (non-hydrogen) atoms. The maximum Gasteiger partial charge on any atom is 0.246 e. The number of rotatable bonds is 10. The number of allylic oxidation sites excluding steroid dienone is 1. The molecule has 10 heteroatoms. The first-order valence-electron chi connectivity index (χ1n) is 13.6. The van der Waals surface area contributed by atoms with Crippen LogP contribution in [0.5, 0.6) is 0 Å². The van der Waals surface area contributed by atoms with E-state index in [4.69, 9.17) is 11.1 Å². The number of halogens is 1. The highest BCUT2D eigenvalue weighted by molar-refractivity contribution is 7.93. The summed E-state index contributed by atoms with van der Waals surface area (Å²) in [6.45, 7) is 8.29. The fourth-order valence-electron chi connectivity index (χ4n) is 6.26. The number of hydrogen-bond donors (Lipinski definition) is 3. The SMILES string of the molecule is CCCN=CC(=CN)S(=O)(=O)N(C)C1(C)CCN(C2CC(C=N)C(NC3CCC(F)CC3)CC2C)C1. The largest absolute Gasteiger partial charge is 0.403 e. The van der Waals surface area contributed by atoms with E-state index >= 15 is 0 Å². The van der Waals surface area contributed by atoms with E-state index in [-0.39, 0.29) is 16.9 Å². The van der Waals surface area contributed by atoms with Crippen LogP contribution in [-0.2, 0) is 10.0 Å². The van der Waals surface area contributed by atoms with Crippen molar-refractivity contribution in [1.29, 1.82) is 5.41 Å². The zero-order valence-corrected chi connectivity index (χ0v) is 23.3. The molecule has 4 N–H and O–H groups in total. The van der Waals surface area contributed by atoms with Gasteiger partial charge in [-0.05, 0) is 70.4 Å². The van der Waals surface area contributed by atoms with Crippen molar-refractivity contribution < 1.29 is 12.8 Å². The van der Waals surface area contributed by atoms with Crippen molar-refractivity contribution in [2.45, 2.75) is 102 Å². The first-order valence-corrected chi connectivity index (χ1v) is 15.0. The van der Waals surface area contributed by atoms with Gasteiger partial charge in [0.2, 0.25) is 10.0 Å². The predicted octanol–water partition coefficient (Wildman–Crippen LogP) is 3.30. The molecule has 3 fully saturated rings. The van der Waals surface area contributed by atoms with Gasteiger partial charge in [0, 0.05) is 68.7 Å². The molecule has 5 unspecified atom stereocenters. The van der Waals surface area contributed by atoms with Gasteiger partial charge in [-0.2, -0.15) is 4.31 Å². The fourth-order valence-corrected chi connectivity index (χ4v) is 7.69. The van der Waals surface area contributed by atoms with Gasteiger partial charge in [-0.15, -0.1) is 0 Å². The van der Waals surface area contributed by atoms with E-state index in [1.807, 2.05) is 13.8 Å². The van der Waals surface area contributed by atoms with Crippen molar-refractivity contribution in [1.82, 2.24) is 14.5 Å². The number of likely N-dealkylation sites (tertiary alicyclic amines) is 1. The topological polar surface area (TPSA) is 115 Å². The van der Waals surface area contributed by atoms with Crippen LogP contribution in [0.15, 0.2) is 16.1 Å². The smallest absolute Gasteiger partial charge is 0.246 e. The Balaban J connectivity index is 1.65. The number of aliphatic imine (C=N–C) groups is 1. The van der Waals surface area contributed by atoms with Crippen LogP contribution in [-0.4, -0.2) is 86.6 Å². The lowest BCUT2D eigenvalue weighted by molar-refractivity contribution is 0.0858. The summed E-state index contributed by atoms with van der Waals surface area (Å²) in [4.78, 5) is 6.65. The molecule has 8 nitrogen and oxygen atoms in total. The second kappa shape index (κ2) is 12.5. The highest BCUT2D eigenvalue weighted by Crippen LogP contribution is 2.38. The summed E-state index contributed by atoms with van der Waals surface area (Å²) in [5.41, 5.74) is 5.14. The highest BCUT2D eigenvalue weighted by atomic mass is 32.2. The van der Waals surface area contributed by atoms with Crippen LogP contribution < -0.4 is 11.1 Å². The molecule has 0 bridgehead atoms. The fraction of sp³-hybridized carbons (Fsp3) is 0.846. The van der Waals surface area contributed by atoms with Crippen LogP contribution in [0.25, 0.3) is 0 Å². The van der Waals surface area contributed by atoms with Gasteiger partial charge in [-0.1, -0.05) is 13.8 Å². The zero-order valence-electron chi connectivity index (χ0n) is 22.5. The van der Waals surface area contributed by atoms with Crippen LogP contribution in [0.4, 0.5) is 4.39 Å². The van der Waals surface area contributed by atoms with Gasteiger partial charge in [0.25, 0.3) is 0 Å². The van der Waals surface area contributed by atoms with Gasteiger partial charge >= 0.3 is 0 Å². The Morgan fingerprint density at radius 2 is 2.00 bits per heavy atom. The molecule has 0 aromatic rings. The third-order valence-electron chi connectivity index (χ3n) is 8.74. The van der Waals surface area contributed by atoms with E-state index in [0.29, 0.717) is 43.9 Å². The Bertz CT molecular complexity index is 904. The molecule has 0 aromatic heterocycles. The summed E-state index contributed by atoms with van der Waals surface area (Å²) in [5.74, 6) is 0.547. The van der Waals surface area contributed by atoms with Crippen LogP contribution in [0, 0.1) is 17.2 Å². The van der Waals surface area contributed by atoms with Crippen LogP contribution in [0.2, 0.25) is 0 Å². The molecule has 1 heterocycles. The molecule has 0 radical (unpaired) electrons. The Morgan fingerprint density at radius 1 is 1.31 bits per heavy atom. The van der Waals surface area contributed by atoms with Gasteiger partial charge in [-0.3, -0.25) is 9.89 Å². The van der Waals surface area contributed by atoms with Crippen molar-refractivity contribution in [2.75, 3.05) is 26.7 Å². The van der Waals surface area contributed by atoms with Crippen molar-refractivity contribution in [3.05, 3.63) is 11.1 Å². The molecule has 0 amide bonds. The minimum atomic E-state index is -3.77. The molecule has 1 aliphatic heterocycles. The lowest BCUT2D eigenvalue weighted by Gasteiger charge is -2.45. The quantitative estimate of drug-likeness (QED) is 0.378. The monoisotopic (exact) mass is 526 g/mol. The first-order chi connectivity index (χ1) is 17.1. The lowest BCUT2D eigenvalue weighted by Crippen LogP contribution is -2.55. The van der Waals surface area contributed by atoms with E-state index in [9.17, 15) is 12.8 Å². The summed E-state index contributed by atoms with van der Waals surface area (Å²) >= 11 is 0. The maximum absolute atomic E-state index is 13.6. The predicted molar refractivity (Wildman–Crippen MR) is 146 cm³/mol. The Labute approximate surface area is 217 Å².